The standard InChI is InChI=1S/C16H17N3OS/c1-3-17-11(2)12-8-9-15(18-10-12)21-16-19-13-6-4-5-7-14(13)20-16/h4-11,17H,3H2,1-2H3. The molecule has 108 valence electrons. The van der Waals surface area contributed by atoms with Crippen LogP contribution >= 0.6 is 11.8 Å². The van der Waals surface area contributed by atoms with Crippen molar-refractivity contribution < 1.29 is 4.42 Å². The van der Waals surface area contributed by atoms with Gasteiger partial charge in [0.25, 0.3) is 5.22 Å². The summed E-state index contributed by atoms with van der Waals surface area (Å²) in [6.45, 7) is 5.18. The van der Waals surface area contributed by atoms with Crippen LogP contribution < -0.4 is 5.32 Å². The maximum Gasteiger partial charge on any atom is 0.263 e. The molecule has 1 N–H and O–H groups in total. The average molecular weight is 299 g/mol. The van der Waals surface area contributed by atoms with Gasteiger partial charge in [-0.1, -0.05) is 25.1 Å². The zero-order valence-corrected chi connectivity index (χ0v) is 12.9. The normalized spacial score (nSPS) is 12.7. The van der Waals surface area contributed by atoms with Crippen molar-refractivity contribution in [1.29, 1.82) is 0 Å². The summed E-state index contributed by atoms with van der Waals surface area (Å²) in [6, 6.07) is 12.2. The first-order valence-corrected chi connectivity index (χ1v) is 7.80. The summed E-state index contributed by atoms with van der Waals surface area (Å²) < 4.78 is 5.69. The lowest BCUT2D eigenvalue weighted by atomic mass is 10.1. The molecular formula is C16H17N3OS. The fraction of sp³-hybridized carbons (Fsp3) is 0.250. The van der Waals surface area contributed by atoms with E-state index in [9.17, 15) is 0 Å². The van der Waals surface area contributed by atoms with Crippen molar-refractivity contribution in [1.82, 2.24) is 15.3 Å². The molecule has 0 fully saturated rings. The Morgan fingerprint density at radius 2 is 2.10 bits per heavy atom. The fourth-order valence-corrected chi connectivity index (χ4v) is 2.81. The highest BCUT2D eigenvalue weighted by Gasteiger charge is 2.09. The monoisotopic (exact) mass is 299 g/mol. The Labute approximate surface area is 128 Å². The third kappa shape index (κ3) is 3.25. The number of nitrogens with zero attached hydrogens (tertiary/aromatic N) is 2. The van der Waals surface area contributed by atoms with E-state index in [0.717, 1.165) is 22.7 Å². The molecule has 0 radical (unpaired) electrons. The molecule has 2 heterocycles. The van der Waals surface area contributed by atoms with Gasteiger partial charge in [-0.3, -0.25) is 0 Å². The minimum Gasteiger partial charge on any atom is -0.431 e. The van der Waals surface area contributed by atoms with Crippen LogP contribution in [0.2, 0.25) is 0 Å². The summed E-state index contributed by atoms with van der Waals surface area (Å²) in [7, 11) is 0. The van der Waals surface area contributed by atoms with Gasteiger partial charge in [0.05, 0.1) is 0 Å². The number of hydrogen-bond donors (Lipinski definition) is 1. The molecule has 0 aliphatic carbocycles. The number of hydrogen-bond acceptors (Lipinski definition) is 5. The summed E-state index contributed by atoms with van der Waals surface area (Å²) in [4.78, 5) is 8.91. The number of benzene rings is 1. The first-order valence-electron chi connectivity index (χ1n) is 6.99. The van der Waals surface area contributed by atoms with Gasteiger partial charge in [-0.2, -0.15) is 0 Å². The molecule has 0 amide bonds. The summed E-state index contributed by atoms with van der Waals surface area (Å²) in [5.74, 6) is 0. The Morgan fingerprint density at radius 1 is 1.24 bits per heavy atom. The van der Waals surface area contributed by atoms with Crippen molar-refractivity contribution in [3.63, 3.8) is 0 Å². The van der Waals surface area contributed by atoms with E-state index in [-0.39, 0.29) is 0 Å². The van der Waals surface area contributed by atoms with Gasteiger partial charge in [0.1, 0.15) is 10.5 Å². The van der Waals surface area contributed by atoms with Crippen LogP contribution in [0.25, 0.3) is 11.1 Å². The Bertz CT molecular complexity index is 691. The molecule has 1 aromatic carbocycles. The van der Waals surface area contributed by atoms with Gasteiger partial charge >= 0.3 is 0 Å². The second kappa shape index (κ2) is 6.28. The van der Waals surface area contributed by atoms with Crippen molar-refractivity contribution in [2.45, 2.75) is 30.1 Å². The molecule has 5 heteroatoms. The van der Waals surface area contributed by atoms with Crippen molar-refractivity contribution in [3.05, 3.63) is 48.2 Å². The lowest BCUT2D eigenvalue weighted by molar-refractivity contribution is 0.489. The quantitative estimate of drug-likeness (QED) is 0.770. The second-order valence-corrected chi connectivity index (χ2v) is 5.73. The van der Waals surface area contributed by atoms with Crippen LogP contribution in [0.3, 0.4) is 0 Å². The lowest BCUT2D eigenvalue weighted by Crippen LogP contribution is -2.17. The van der Waals surface area contributed by atoms with Gasteiger partial charge in [0.15, 0.2) is 5.58 Å². The van der Waals surface area contributed by atoms with E-state index in [1.807, 2.05) is 36.5 Å². The Morgan fingerprint density at radius 3 is 2.81 bits per heavy atom. The number of pyridine rings is 1. The Kier molecular flexibility index (Phi) is 4.22. The number of rotatable bonds is 5. The van der Waals surface area contributed by atoms with E-state index in [1.165, 1.54) is 17.3 Å². The topological polar surface area (TPSA) is 51.0 Å². The van der Waals surface area contributed by atoms with Crippen LogP contribution in [0, 0.1) is 0 Å². The largest absolute Gasteiger partial charge is 0.431 e. The van der Waals surface area contributed by atoms with E-state index < -0.39 is 0 Å². The molecular weight excluding hydrogens is 282 g/mol. The van der Waals surface area contributed by atoms with Crippen LogP contribution in [0.1, 0.15) is 25.5 Å². The predicted molar refractivity (Wildman–Crippen MR) is 84.5 cm³/mol. The van der Waals surface area contributed by atoms with Crippen molar-refractivity contribution in [2.75, 3.05) is 6.54 Å². The highest BCUT2D eigenvalue weighted by Crippen LogP contribution is 2.28. The number of para-hydroxylation sites is 2. The molecule has 1 atom stereocenters. The molecule has 0 bridgehead atoms. The molecule has 0 aliphatic rings. The molecule has 1 unspecified atom stereocenters. The molecule has 3 aromatic rings. The number of aromatic nitrogens is 2. The summed E-state index contributed by atoms with van der Waals surface area (Å²) >= 11 is 1.44. The van der Waals surface area contributed by atoms with Gasteiger partial charge in [-0.15, -0.1) is 0 Å². The van der Waals surface area contributed by atoms with Crippen LogP contribution in [0.5, 0.6) is 0 Å². The zero-order valence-electron chi connectivity index (χ0n) is 12.0. The Hall–Kier alpha value is -1.85. The van der Waals surface area contributed by atoms with Gasteiger partial charge in [0, 0.05) is 12.2 Å². The third-order valence-electron chi connectivity index (χ3n) is 3.24. The zero-order chi connectivity index (χ0) is 14.7. The van der Waals surface area contributed by atoms with E-state index in [4.69, 9.17) is 4.42 Å². The predicted octanol–water partition coefficient (Wildman–Crippen LogP) is 4.04. The number of fused-ring (bicyclic) bond motifs is 1. The van der Waals surface area contributed by atoms with Crippen LogP contribution in [0.4, 0.5) is 0 Å². The van der Waals surface area contributed by atoms with E-state index in [1.54, 1.807) is 0 Å². The van der Waals surface area contributed by atoms with Crippen LogP contribution in [0.15, 0.2) is 57.3 Å². The minimum absolute atomic E-state index is 0.311. The third-order valence-corrected chi connectivity index (χ3v) is 4.04. The summed E-state index contributed by atoms with van der Waals surface area (Å²) in [5, 5.41) is 4.88. The van der Waals surface area contributed by atoms with Gasteiger partial charge < -0.3 is 9.73 Å². The first kappa shape index (κ1) is 14.1. The Balaban J connectivity index is 1.75. The van der Waals surface area contributed by atoms with Gasteiger partial charge in [-0.25, -0.2) is 9.97 Å². The van der Waals surface area contributed by atoms with Crippen molar-refractivity contribution in [3.8, 4) is 0 Å². The van der Waals surface area contributed by atoms with E-state index in [2.05, 4.69) is 35.2 Å². The second-order valence-electron chi connectivity index (χ2n) is 4.76. The molecule has 0 aliphatic heterocycles. The molecule has 4 nitrogen and oxygen atoms in total. The fourth-order valence-electron chi connectivity index (χ4n) is 2.12. The SMILES string of the molecule is CCNC(C)c1ccc(Sc2nc3ccccc3o2)nc1. The summed E-state index contributed by atoms with van der Waals surface area (Å²) in [5.41, 5.74) is 2.86. The highest BCUT2D eigenvalue weighted by molar-refractivity contribution is 7.99. The minimum atomic E-state index is 0.311. The summed E-state index contributed by atoms with van der Waals surface area (Å²) in [6.07, 6.45) is 1.90. The van der Waals surface area contributed by atoms with Crippen molar-refractivity contribution >= 4 is 22.9 Å². The average Bonchev–Trinajstić information content (AvgIpc) is 2.90. The molecule has 0 spiro atoms. The number of nitrogens with one attached hydrogen (secondary N) is 1. The molecule has 21 heavy (non-hydrogen) atoms. The van der Waals surface area contributed by atoms with Crippen LogP contribution in [-0.4, -0.2) is 16.5 Å². The van der Waals surface area contributed by atoms with Crippen LogP contribution in [-0.2, 0) is 0 Å². The molecule has 0 saturated carbocycles. The maximum absolute atomic E-state index is 5.69. The van der Waals surface area contributed by atoms with Gasteiger partial charge in [-0.05, 0) is 49.0 Å². The molecule has 2 aromatic heterocycles. The number of oxazole rings is 1. The first-order chi connectivity index (χ1) is 10.3. The maximum atomic E-state index is 5.69. The highest BCUT2D eigenvalue weighted by atomic mass is 32.2. The molecule has 0 saturated heterocycles. The smallest absolute Gasteiger partial charge is 0.263 e. The lowest BCUT2D eigenvalue weighted by Gasteiger charge is -2.11. The van der Waals surface area contributed by atoms with E-state index in [0.29, 0.717) is 11.3 Å². The molecule has 3 rings (SSSR count). The van der Waals surface area contributed by atoms with E-state index >= 15 is 0 Å². The van der Waals surface area contributed by atoms with Gasteiger partial charge in [0.2, 0.25) is 0 Å². The van der Waals surface area contributed by atoms with Crippen molar-refractivity contribution in [2.24, 2.45) is 0 Å².